The molecule has 0 radical (unpaired) electrons. The van der Waals surface area contributed by atoms with Crippen molar-refractivity contribution in [2.24, 2.45) is 0 Å². The third-order valence-corrected chi connectivity index (χ3v) is 4.51. The molecule has 0 saturated carbocycles. The third-order valence-electron chi connectivity index (χ3n) is 4.51. The summed E-state index contributed by atoms with van der Waals surface area (Å²) in [7, 11) is 0. The number of urea groups is 1. The lowest BCUT2D eigenvalue weighted by Gasteiger charge is -2.51. The highest BCUT2D eigenvalue weighted by Gasteiger charge is 2.54. The molecule has 0 aromatic rings. The van der Waals surface area contributed by atoms with Gasteiger partial charge in [-0.1, -0.05) is 6.42 Å². The van der Waals surface area contributed by atoms with Crippen LogP contribution in [-0.4, -0.2) is 52.1 Å². The number of nitrogens with zero attached hydrogens (tertiary/aromatic N) is 1. The topological polar surface area (TPSA) is 98.7 Å². The number of carboxylic acids is 1. The second kappa shape index (κ2) is 4.19. The van der Waals surface area contributed by atoms with E-state index in [1.54, 1.807) is 0 Å². The molecule has 3 rings (SSSR count). The van der Waals surface area contributed by atoms with Crippen molar-refractivity contribution in [2.75, 3.05) is 6.54 Å². The minimum atomic E-state index is -0.840. The van der Waals surface area contributed by atoms with Crippen molar-refractivity contribution < 1.29 is 19.5 Å². The molecule has 3 N–H and O–H groups in total. The SMILES string of the molecule is O=C(O)CN1[C@@H]2CCC[C@@H]1CC1(C2)NC(=O)NC1=O. The molecule has 0 unspecified atom stereocenters. The van der Waals surface area contributed by atoms with Crippen LogP contribution >= 0.6 is 0 Å². The number of imide groups is 1. The van der Waals surface area contributed by atoms with Crippen molar-refractivity contribution in [1.29, 1.82) is 0 Å². The van der Waals surface area contributed by atoms with E-state index in [9.17, 15) is 14.4 Å². The van der Waals surface area contributed by atoms with Crippen LogP contribution in [0.4, 0.5) is 4.79 Å². The number of carbonyl (C=O) groups excluding carboxylic acids is 2. The Morgan fingerprint density at radius 1 is 1.32 bits per heavy atom. The van der Waals surface area contributed by atoms with Gasteiger partial charge in [-0.05, 0) is 25.7 Å². The maximum Gasteiger partial charge on any atom is 0.322 e. The second-order valence-electron chi connectivity index (χ2n) is 5.70. The van der Waals surface area contributed by atoms with Gasteiger partial charge in [0.25, 0.3) is 5.91 Å². The second-order valence-corrected chi connectivity index (χ2v) is 5.70. The van der Waals surface area contributed by atoms with Gasteiger partial charge in [0.05, 0.1) is 6.54 Å². The Balaban J connectivity index is 1.83. The van der Waals surface area contributed by atoms with Crippen LogP contribution in [0, 0.1) is 0 Å². The first-order valence-corrected chi connectivity index (χ1v) is 6.61. The van der Waals surface area contributed by atoms with E-state index in [1.165, 1.54) is 0 Å². The smallest absolute Gasteiger partial charge is 0.322 e. The number of aliphatic carboxylic acids is 1. The predicted molar refractivity (Wildman–Crippen MR) is 64.4 cm³/mol. The van der Waals surface area contributed by atoms with Gasteiger partial charge in [-0.3, -0.25) is 19.8 Å². The van der Waals surface area contributed by atoms with E-state index in [1.807, 2.05) is 4.90 Å². The number of piperidine rings is 2. The molecular formula is C12H17N3O4. The number of amides is 3. The summed E-state index contributed by atoms with van der Waals surface area (Å²) in [5, 5.41) is 14.0. The van der Waals surface area contributed by atoms with Gasteiger partial charge < -0.3 is 10.4 Å². The molecule has 3 fully saturated rings. The molecule has 3 aliphatic heterocycles. The Hall–Kier alpha value is -1.63. The van der Waals surface area contributed by atoms with Gasteiger partial charge in [-0.15, -0.1) is 0 Å². The lowest BCUT2D eigenvalue weighted by atomic mass is 9.73. The highest BCUT2D eigenvalue weighted by molar-refractivity contribution is 6.07. The lowest BCUT2D eigenvalue weighted by molar-refractivity contribution is -0.142. The first-order valence-electron chi connectivity index (χ1n) is 6.61. The van der Waals surface area contributed by atoms with E-state index in [4.69, 9.17) is 5.11 Å². The fraction of sp³-hybridized carbons (Fsp3) is 0.750. The molecule has 0 aromatic carbocycles. The average molecular weight is 267 g/mol. The molecule has 104 valence electrons. The first-order chi connectivity index (χ1) is 9.00. The number of fused-ring (bicyclic) bond motifs is 2. The fourth-order valence-electron chi connectivity index (χ4n) is 3.78. The summed E-state index contributed by atoms with van der Waals surface area (Å²) in [5.74, 6) is -1.10. The number of carbonyl (C=O) groups is 3. The average Bonchev–Trinajstić information content (AvgIpc) is 2.54. The summed E-state index contributed by atoms with van der Waals surface area (Å²) in [4.78, 5) is 36.3. The van der Waals surface area contributed by atoms with Crippen LogP contribution in [0.2, 0.25) is 0 Å². The Labute approximate surface area is 110 Å². The molecule has 1 spiro atoms. The van der Waals surface area contributed by atoms with Gasteiger partial charge in [0.1, 0.15) is 5.54 Å². The van der Waals surface area contributed by atoms with Crippen LogP contribution in [0.5, 0.6) is 0 Å². The highest BCUT2D eigenvalue weighted by Crippen LogP contribution is 2.40. The monoisotopic (exact) mass is 267 g/mol. The van der Waals surface area contributed by atoms with Crippen LogP contribution in [0.1, 0.15) is 32.1 Å². The van der Waals surface area contributed by atoms with Crippen molar-refractivity contribution in [1.82, 2.24) is 15.5 Å². The minimum Gasteiger partial charge on any atom is -0.480 e. The van der Waals surface area contributed by atoms with E-state index in [0.29, 0.717) is 12.8 Å². The van der Waals surface area contributed by atoms with E-state index >= 15 is 0 Å². The van der Waals surface area contributed by atoms with Crippen molar-refractivity contribution in [3.8, 4) is 0 Å². The molecule has 7 heteroatoms. The molecular weight excluding hydrogens is 250 g/mol. The zero-order chi connectivity index (χ0) is 13.6. The molecule has 2 atom stereocenters. The van der Waals surface area contributed by atoms with Gasteiger partial charge in [0.2, 0.25) is 0 Å². The standard InChI is InChI=1S/C12H17N3O4/c16-9(17)6-15-7-2-1-3-8(15)5-12(4-7)10(18)13-11(19)14-12/h7-8H,1-6H2,(H,16,17)(H2,13,14,18,19)/t7-,8-/m1/s1. The maximum absolute atomic E-state index is 12.0. The van der Waals surface area contributed by atoms with Crippen molar-refractivity contribution in [2.45, 2.75) is 49.7 Å². The third kappa shape index (κ3) is 1.98. The van der Waals surface area contributed by atoms with Crippen LogP contribution in [0.15, 0.2) is 0 Å². The van der Waals surface area contributed by atoms with E-state index in [-0.39, 0.29) is 24.5 Å². The number of carboxylic acid groups (broad SMARTS) is 1. The molecule has 3 heterocycles. The van der Waals surface area contributed by atoms with Gasteiger partial charge in [-0.2, -0.15) is 0 Å². The van der Waals surface area contributed by atoms with E-state index in [2.05, 4.69) is 10.6 Å². The number of rotatable bonds is 2. The van der Waals surface area contributed by atoms with Crippen LogP contribution in [-0.2, 0) is 9.59 Å². The molecule has 2 bridgehead atoms. The minimum absolute atomic E-state index is 0.0149. The number of hydrogen-bond acceptors (Lipinski definition) is 4. The molecule has 0 aromatic heterocycles. The Morgan fingerprint density at radius 2 is 1.95 bits per heavy atom. The zero-order valence-electron chi connectivity index (χ0n) is 10.5. The van der Waals surface area contributed by atoms with E-state index in [0.717, 1.165) is 19.3 Å². The van der Waals surface area contributed by atoms with Crippen molar-refractivity contribution >= 4 is 17.9 Å². The fourth-order valence-corrected chi connectivity index (χ4v) is 3.78. The van der Waals surface area contributed by atoms with Crippen LogP contribution < -0.4 is 10.6 Å². The van der Waals surface area contributed by atoms with Crippen LogP contribution in [0.25, 0.3) is 0 Å². The summed E-state index contributed by atoms with van der Waals surface area (Å²) in [6.45, 7) is 0.0149. The Bertz CT molecular complexity index is 436. The molecule has 19 heavy (non-hydrogen) atoms. The molecule has 3 amide bonds. The molecule has 7 nitrogen and oxygen atoms in total. The lowest BCUT2D eigenvalue weighted by Crippen LogP contribution is -2.64. The predicted octanol–water partition coefficient (Wildman–Crippen LogP) is -0.334. The molecule has 3 aliphatic rings. The largest absolute Gasteiger partial charge is 0.480 e. The summed E-state index contributed by atoms with van der Waals surface area (Å²) < 4.78 is 0. The summed E-state index contributed by atoms with van der Waals surface area (Å²) >= 11 is 0. The van der Waals surface area contributed by atoms with Gasteiger partial charge >= 0.3 is 12.0 Å². The maximum atomic E-state index is 12.0. The summed E-state index contributed by atoms with van der Waals surface area (Å²) in [5.41, 5.74) is -0.818. The Kier molecular flexibility index (Phi) is 2.74. The van der Waals surface area contributed by atoms with Crippen molar-refractivity contribution in [3.05, 3.63) is 0 Å². The van der Waals surface area contributed by atoms with Crippen molar-refractivity contribution in [3.63, 3.8) is 0 Å². The summed E-state index contributed by atoms with van der Waals surface area (Å²) in [6, 6.07) is -0.310. The van der Waals surface area contributed by atoms with Gasteiger partial charge in [-0.25, -0.2) is 4.79 Å². The zero-order valence-corrected chi connectivity index (χ0v) is 10.5. The highest BCUT2D eigenvalue weighted by atomic mass is 16.4. The van der Waals surface area contributed by atoms with Crippen LogP contribution in [0.3, 0.4) is 0 Å². The Morgan fingerprint density at radius 3 is 2.42 bits per heavy atom. The number of hydrogen-bond donors (Lipinski definition) is 3. The molecule has 3 saturated heterocycles. The summed E-state index contributed by atoms with van der Waals surface area (Å²) in [6.07, 6.45) is 3.84. The van der Waals surface area contributed by atoms with Gasteiger partial charge in [0, 0.05) is 12.1 Å². The van der Waals surface area contributed by atoms with E-state index < -0.39 is 17.5 Å². The normalized spacial score (nSPS) is 38.1. The molecule has 0 aliphatic carbocycles. The number of nitrogens with one attached hydrogen (secondary N) is 2. The van der Waals surface area contributed by atoms with Gasteiger partial charge in [0.15, 0.2) is 0 Å². The quantitative estimate of drug-likeness (QED) is 0.595. The first kappa shape index (κ1) is 12.4.